The molecular formula is C12H13ClF3NO. The summed E-state index contributed by atoms with van der Waals surface area (Å²) in [6.45, 7) is 1.11. The number of piperidine rings is 1. The van der Waals surface area contributed by atoms with Crippen molar-refractivity contribution in [1.82, 2.24) is 0 Å². The number of hydrogen-bond acceptors (Lipinski definition) is 2. The van der Waals surface area contributed by atoms with Crippen molar-refractivity contribution in [2.75, 3.05) is 18.0 Å². The molecule has 6 heteroatoms. The summed E-state index contributed by atoms with van der Waals surface area (Å²) in [7, 11) is 0. The van der Waals surface area contributed by atoms with E-state index in [0.29, 0.717) is 31.6 Å². The smallest absolute Gasteiger partial charge is 0.393 e. The summed E-state index contributed by atoms with van der Waals surface area (Å²) in [5, 5.41) is 9.09. The van der Waals surface area contributed by atoms with Crippen molar-refractivity contribution in [3.63, 3.8) is 0 Å². The number of halogens is 4. The van der Waals surface area contributed by atoms with E-state index >= 15 is 0 Å². The van der Waals surface area contributed by atoms with Crippen LogP contribution in [0.5, 0.6) is 0 Å². The molecule has 1 fully saturated rings. The topological polar surface area (TPSA) is 23.5 Å². The van der Waals surface area contributed by atoms with E-state index < -0.39 is 11.7 Å². The van der Waals surface area contributed by atoms with Crippen LogP contribution in [0.25, 0.3) is 0 Å². The van der Waals surface area contributed by atoms with E-state index in [2.05, 4.69) is 0 Å². The highest BCUT2D eigenvalue weighted by Crippen LogP contribution is 2.37. The summed E-state index contributed by atoms with van der Waals surface area (Å²) >= 11 is 5.56. The number of anilines is 1. The van der Waals surface area contributed by atoms with Crippen molar-refractivity contribution >= 4 is 17.3 Å². The number of hydrogen-bond donors (Lipinski definition) is 1. The van der Waals surface area contributed by atoms with Gasteiger partial charge in [0, 0.05) is 18.8 Å². The lowest BCUT2D eigenvalue weighted by molar-refractivity contribution is -0.137. The van der Waals surface area contributed by atoms with E-state index in [4.69, 9.17) is 11.6 Å². The molecule has 1 N–H and O–H groups in total. The lowest BCUT2D eigenvalue weighted by Gasteiger charge is -2.32. The first-order valence-corrected chi connectivity index (χ1v) is 6.05. The monoisotopic (exact) mass is 279 g/mol. The van der Waals surface area contributed by atoms with Crippen LogP contribution in [0.3, 0.4) is 0 Å². The minimum atomic E-state index is -4.44. The predicted molar refractivity (Wildman–Crippen MR) is 63.9 cm³/mol. The fourth-order valence-electron chi connectivity index (χ4n) is 2.05. The molecule has 1 aliphatic heterocycles. The van der Waals surface area contributed by atoms with E-state index in [0.717, 1.165) is 6.07 Å². The molecule has 0 radical (unpaired) electrons. The second-order valence-corrected chi connectivity index (χ2v) is 4.79. The molecule has 0 unspecified atom stereocenters. The minimum absolute atomic E-state index is 0.289. The average Bonchev–Trinajstić information content (AvgIpc) is 2.29. The van der Waals surface area contributed by atoms with Crippen LogP contribution in [-0.4, -0.2) is 24.3 Å². The van der Waals surface area contributed by atoms with E-state index in [-0.39, 0.29) is 11.1 Å². The molecule has 2 rings (SSSR count). The van der Waals surface area contributed by atoms with Crippen LogP contribution in [0.15, 0.2) is 18.2 Å². The Labute approximate surface area is 108 Å². The van der Waals surface area contributed by atoms with Gasteiger partial charge in [0.1, 0.15) is 0 Å². The normalized spacial score (nSPS) is 18.2. The Morgan fingerprint density at radius 3 is 2.39 bits per heavy atom. The quantitative estimate of drug-likeness (QED) is 0.852. The highest BCUT2D eigenvalue weighted by molar-refractivity contribution is 6.31. The number of nitrogens with zero attached hydrogens (tertiary/aromatic N) is 1. The Balaban J connectivity index is 2.24. The molecule has 0 atom stereocenters. The van der Waals surface area contributed by atoms with Crippen molar-refractivity contribution in [2.24, 2.45) is 0 Å². The highest BCUT2D eigenvalue weighted by Gasteiger charge is 2.34. The van der Waals surface area contributed by atoms with Crippen LogP contribution in [0.4, 0.5) is 18.9 Å². The van der Waals surface area contributed by atoms with Gasteiger partial charge in [-0.25, -0.2) is 0 Å². The molecule has 0 aliphatic carbocycles. The lowest BCUT2D eigenvalue weighted by atomic mass is 10.1. The predicted octanol–water partition coefficient (Wildman–Crippen LogP) is 3.32. The first-order valence-electron chi connectivity index (χ1n) is 5.67. The molecule has 2 nitrogen and oxygen atoms in total. The summed E-state index contributed by atoms with van der Waals surface area (Å²) in [5.41, 5.74) is -0.314. The lowest BCUT2D eigenvalue weighted by Crippen LogP contribution is -2.35. The maximum absolute atomic E-state index is 12.7. The van der Waals surface area contributed by atoms with Gasteiger partial charge in [0.05, 0.1) is 16.7 Å². The molecular weight excluding hydrogens is 267 g/mol. The third-order valence-electron chi connectivity index (χ3n) is 3.08. The van der Waals surface area contributed by atoms with E-state index in [1.165, 1.54) is 6.07 Å². The van der Waals surface area contributed by atoms with Crippen LogP contribution >= 0.6 is 11.6 Å². The zero-order chi connectivity index (χ0) is 13.3. The number of rotatable bonds is 1. The van der Waals surface area contributed by atoms with Gasteiger partial charge in [0.25, 0.3) is 0 Å². The van der Waals surface area contributed by atoms with Gasteiger partial charge in [-0.2, -0.15) is 13.2 Å². The van der Waals surface area contributed by atoms with Crippen LogP contribution in [-0.2, 0) is 6.18 Å². The number of aliphatic hydroxyl groups excluding tert-OH is 1. The van der Waals surface area contributed by atoms with Crippen LogP contribution in [0, 0.1) is 0 Å². The number of benzene rings is 1. The Morgan fingerprint density at radius 1 is 1.22 bits per heavy atom. The van der Waals surface area contributed by atoms with Crippen molar-refractivity contribution < 1.29 is 18.3 Å². The molecule has 1 aliphatic rings. The molecule has 1 aromatic rings. The zero-order valence-corrected chi connectivity index (χ0v) is 10.3. The Morgan fingerprint density at radius 2 is 1.83 bits per heavy atom. The molecule has 1 saturated heterocycles. The molecule has 0 spiro atoms. The van der Waals surface area contributed by atoms with Crippen molar-refractivity contribution in [3.05, 3.63) is 28.8 Å². The number of aliphatic hydroxyl groups is 1. The third kappa shape index (κ3) is 2.90. The fraction of sp³-hybridized carbons (Fsp3) is 0.500. The maximum atomic E-state index is 12.7. The first-order chi connectivity index (χ1) is 8.38. The second-order valence-electron chi connectivity index (χ2n) is 4.38. The molecule has 0 saturated carbocycles. The van der Waals surface area contributed by atoms with Crippen LogP contribution in [0.1, 0.15) is 18.4 Å². The van der Waals surface area contributed by atoms with Crippen LogP contribution < -0.4 is 4.90 Å². The largest absolute Gasteiger partial charge is 0.417 e. The van der Waals surface area contributed by atoms with Crippen LogP contribution in [0.2, 0.25) is 5.02 Å². The van der Waals surface area contributed by atoms with Gasteiger partial charge in [-0.15, -0.1) is 0 Å². The SMILES string of the molecule is OC1CCN(c2ccc(Cl)c(C(F)(F)F)c2)CC1. The van der Waals surface area contributed by atoms with Gasteiger partial charge >= 0.3 is 6.18 Å². The first kappa shape index (κ1) is 13.5. The van der Waals surface area contributed by atoms with Gasteiger partial charge in [-0.3, -0.25) is 0 Å². The summed E-state index contributed by atoms with van der Waals surface area (Å²) in [5.74, 6) is 0. The third-order valence-corrected chi connectivity index (χ3v) is 3.41. The zero-order valence-electron chi connectivity index (χ0n) is 9.54. The Bertz CT molecular complexity index is 428. The van der Waals surface area contributed by atoms with E-state index in [1.807, 2.05) is 4.90 Å². The fourth-order valence-corrected chi connectivity index (χ4v) is 2.28. The molecule has 0 amide bonds. The average molecular weight is 280 g/mol. The molecule has 1 aromatic carbocycles. The summed E-state index contributed by atoms with van der Waals surface area (Å²) in [4.78, 5) is 1.83. The summed E-state index contributed by atoms with van der Waals surface area (Å²) in [6.07, 6.45) is -3.65. The van der Waals surface area contributed by atoms with Gasteiger partial charge in [0.15, 0.2) is 0 Å². The molecule has 0 aromatic heterocycles. The maximum Gasteiger partial charge on any atom is 0.417 e. The van der Waals surface area contributed by atoms with Crippen molar-refractivity contribution in [2.45, 2.75) is 25.1 Å². The molecule has 100 valence electrons. The second kappa shape index (κ2) is 4.97. The highest BCUT2D eigenvalue weighted by atomic mass is 35.5. The van der Waals surface area contributed by atoms with Crippen molar-refractivity contribution in [3.8, 4) is 0 Å². The Hall–Kier alpha value is -0.940. The van der Waals surface area contributed by atoms with E-state index in [9.17, 15) is 18.3 Å². The minimum Gasteiger partial charge on any atom is -0.393 e. The van der Waals surface area contributed by atoms with Gasteiger partial charge < -0.3 is 10.0 Å². The molecule has 1 heterocycles. The van der Waals surface area contributed by atoms with Crippen molar-refractivity contribution in [1.29, 1.82) is 0 Å². The molecule has 18 heavy (non-hydrogen) atoms. The summed E-state index contributed by atoms with van der Waals surface area (Å²) in [6, 6.07) is 3.92. The number of alkyl halides is 3. The Kier molecular flexibility index (Phi) is 3.73. The van der Waals surface area contributed by atoms with E-state index in [1.54, 1.807) is 6.07 Å². The van der Waals surface area contributed by atoms with Gasteiger partial charge in [-0.05, 0) is 31.0 Å². The van der Waals surface area contributed by atoms with Gasteiger partial charge in [-0.1, -0.05) is 11.6 Å². The van der Waals surface area contributed by atoms with Gasteiger partial charge in [0.2, 0.25) is 0 Å². The summed E-state index contributed by atoms with van der Waals surface area (Å²) < 4.78 is 38.1. The molecule has 0 bridgehead atoms. The standard InChI is InChI=1S/C12H13ClF3NO/c13-11-2-1-8(7-10(11)12(14,15)16)17-5-3-9(18)4-6-17/h1-2,7,9,18H,3-6H2.